The van der Waals surface area contributed by atoms with Gasteiger partial charge in [-0.15, -0.1) is 0 Å². The Morgan fingerprint density at radius 3 is 2.21 bits per heavy atom. The molecule has 2 aromatic heterocycles. The van der Waals surface area contributed by atoms with Crippen LogP contribution >= 0.6 is 0 Å². The molecule has 0 saturated carbocycles. The SMILES string of the molecule is Cc1cccc(-n2nc(C(C)(C)C)cc2NC(=O)c2cc(C)n(C(C)(C)C)n2)c1. The molecular formula is C23H31N5O. The highest BCUT2D eigenvalue weighted by molar-refractivity contribution is 6.02. The summed E-state index contributed by atoms with van der Waals surface area (Å²) in [7, 11) is 0. The van der Waals surface area contributed by atoms with Gasteiger partial charge in [-0.3, -0.25) is 9.48 Å². The third-order valence-electron chi connectivity index (χ3n) is 4.72. The molecule has 0 fully saturated rings. The summed E-state index contributed by atoms with van der Waals surface area (Å²) in [5.74, 6) is 0.388. The molecule has 6 nitrogen and oxygen atoms in total. The lowest BCUT2D eigenvalue weighted by atomic mass is 9.92. The van der Waals surface area contributed by atoms with E-state index in [1.54, 1.807) is 4.68 Å². The van der Waals surface area contributed by atoms with E-state index in [2.05, 4.69) is 52.0 Å². The molecule has 0 aliphatic rings. The number of anilines is 1. The van der Waals surface area contributed by atoms with Crippen LogP contribution in [0.25, 0.3) is 5.69 Å². The number of rotatable bonds is 3. The number of carbonyl (C=O) groups excluding carboxylic acids is 1. The van der Waals surface area contributed by atoms with Crippen molar-refractivity contribution >= 4 is 11.7 Å². The van der Waals surface area contributed by atoms with Crippen molar-refractivity contribution in [1.29, 1.82) is 0 Å². The summed E-state index contributed by atoms with van der Waals surface area (Å²) in [6.45, 7) is 16.5. The maximum absolute atomic E-state index is 13.0. The van der Waals surface area contributed by atoms with Gasteiger partial charge in [-0.1, -0.05) is 32.9 Å². The first-order valence-electron chi connectivity index (χ1n) is 9.92. The van der Waals surface area contributed by atoms with Crippen LogP contribution in [0.1, 0.15) is 69.0 Å². The minimum absolute atomic E-state index is 0.140. The summed E-state index contributed by atoms with van der Waals surface area (Å²) >= 11 is 0. The monoisotopic (exact) mass is 393 g/mol. The number of hydrogen-bond acceptors (Lipinski definition) is 3. The third kappa shape index (κ3) is 4.42. The van der Waals surface area contributed by atoms with Crippen LogP contribution in [0.3, 0.4) is 0 Å². The lowest BCUT2D eigenvalue weighted by Gasteiger charge is -2.21. The maximum atomic E-state index is 13.0. The van der Waals surface area contributed by atoms with E-state index in [-0.39, 0.29) is 16.9 Å². The average Bonchev–Trinajstić information content (AvgIpc) is 3.18. The number of aryl methyl sites for hydroxylation is 2. The first-order chi connectivity index (χ1) is 13.4. The van der Waals surface area contributed by atoms with Crippen molar-refractivity contribution in [1.82, 2.24) is 19.6 Å². The summed E-state index contributed by atoms with van der Waals surface area (Å²) in [6, 6.07) is 11.8. The molecule has 29 heavy (non-hydrogen) atoms. The molecule has 0 unspecified atom stereocenters. The fourth-order valence-electron chi connectivity index (χ4n) is 3.24. The quantitative estimate of drug-likeness (QED) is 0.682. The topological polar surface area (TPSA) is 64.7 Å². The zero-order chi connectivity index (χ0) is 21.6. The molecule has 3 rings (SSSR count). The minimum atomic E-state index is -0.245. The summed E-state index contributed by atoms with van der Waals surface area (Å²) in [6.07, 6.45) is 0. The molecule has 1 N–H and O–H groups in total. The number of hydrogen-bond donors (Lipinski definition) is 1. The normalized spacial score (nSPS) is 12.3. The molecule has 6 heteroatoms. The lowest BCUT2D eigenvalue weighted by molar-refractivity contribution is 0.102. The predicted octanol–water partition coefficient (Wildman–Crippen LogP) is 4.99. The van der Waals surface area contributed by atoms with Gasteiger partial charge in [-0.2, -0.15) is 10.2 Å². The minimum Gasteiger partial charge on any atom is -0.305 e. The van der Waals surface area contributed by atoms with Gasteiger partial charge < -0.3 is 5.32 Å². The van der Waals surface area contributed by atoms with E-state index in [0.717, 1.165) is 22.6 Å². The van der Waals surface area contributed by atoms with E-state index >= 15 is 0 Å². The molecule has 0 bridgehead atoms. The highest BCUT2D eigenvalue weighted by Gasteiger charge is 2.24. The van der Waals surface area contributed by atoms with Gasteiger partial charge in [0.05, 0.1) is 16.9 Å². The smallest absolute Gasteiger partial charge is 0.277 e. The number of amides is 1. The Labute approximate surface area is 172 Å². The standard InChI is InChI=1S/C23H31N5O/c1-15-10-9-11-17(12-15)27-20(14-19(26-27)22(3,4)5)24-21(29)18-13-16(2)28(25-18)23(6,7)8/h9-14H,1-8H3,(H,24,29). The molecule has 1 aromatic carbocycles. The van der Waals surface area contributed by atoms with E-state index in [4.69, 9.17) is 5.10 Å². The Morgan fingerprint density at radius 1 is 0.966 bits per heavy atom. The van der Waals surface area contributed by atoms with Crippen LogP contribution in [0.5, 0.6) is 0 Å². The van der Waals surface area contributed by atoms with Gasteiger partial charge in [0.25, 0.3) is 5.91 Å². The average molecular weight is 394 g/mol. The second-order valence-corrected chi connectivity index (χ2v) is 9.62. The molecule has 1 amide bonds. The van der Waals surface area contributed by atoms with Crippen LogP contribution in [0, 0.1) is 13.8 Å². The van der Waals surface area contributed by atoms with Crippen molar-refractivity contribution < 1.29 is 4.79 Å². The Balaban J connectivity index is 2.00. The predicted molar refractivity (Wildman–Crippen MR) is 117 cm³/mol. The van der Waals surface area contributed by atoms with Crippen LogP contribution < -0.4 is 5.32 Å². The third-order valence-corrected chi connectivity index (χ3v) is 4.72. The van der Waals surface area contributed by atoms with Gasteiger partial charge in [0.1, 0.15) is 5.82 Å². The Kier molecular flexibility index (Phi) is 5.15. The molecule has 0 radical (unpaired) electrons. The van der Waals surface area contributed by atoms with Crippen molar-refractivity contribution in [2.45, 2.75) is 66.3 Å². The molecule has 0 spiro atoms. The first kappa shape index (κ1) is 20.8. The van der Waals surface area contributed by atoms with Crippen LogP contribution in [-0.4, -0.2) is 25.5 Å². The summed E-state index contributed by atoms with van der Waals surface area (Å²) in [5.41, 5.74) is 3.96. The van der Waals surface area contributed by atoms with E-state index in [9.17, 15) is 4.79 Å². The Morgan fingerprint density at radius 2 is 1.66 bits per heavy atom. The molecular weight excluding hydrogens is 362 g/mol. The maximum Gasteiger partial charge on any atom is 0.277 e. The number of carbonyl (C=O) groups is 1. The number of nitrogens with zero attached hydrogens (tertiary/aromatic N) is 4. The van der Waals surface area contributed by atoms with Crippen molar-refractivity contribution in [3.63, 3.8) is 0 Å². The fraction of sp³-hybridized carbons (Fsp3) is 0.435. The van der Waals surface area contributed by atoms with Gasteiger partial charge in [0.15, 0.2) is 5.69 Å². The van der Waals surface area contributed by atoms with Gasteiger partial charge in [-0.05, 0) is 58.4 Å². The van der Waals surface area contributed by atoms with Gasteiger partial charge in [-0.25, -0.2) is 4.68 Å². The molecule has 3 aromatic rings. The fourth-order valence-corrected chi connectivity index (χ4v) is 3.24. The highest BCUT2D eigenvalue weighted by atomic mass is 16.2. The first-order valence-corrected chi connectivity index (χ1v) is 9.92. The number of benzene rings is 1. The molecule has 0 aliphatic carbocycles. The molecule has 2 heterocycles. The number of aromatic nitrogens is 4. The second-order valence-electron chi connectivity index (χ2n) is 9.62. The Bertz CT molecular complexity index is 1040. The van der Waals surface area contributed by atoms with E-state index in [0.29, 0.717) is 11.5 Å². The van der Waals surface area contributed by atoms with Crippen molar-refractivity contribution in [2.75, 3.05) is 5.32 Å². The van der Waals surface area contributed by atoms with E-state index in [1.807, 2.05) is 54.9 Å². The zero-order valence-electron chi connectivity index (χ0n) is 18.7. The molecule has 154 valence electrons. The van der Waals surface area contributed by atoms with Crippen molar-refractivity contribution in [3.8, 4) is 5.69 Å². The van der Waals surface area contributed by atoms with Crippen LogP contribution in [0.2, 0.25) is 0 Å². The summed E-state index contributed by atoms with van der Waals surface area (Å²) in [4.78, 5) is 13.0. The van der Waals surface area contributed by atoms with Gasteiger partial charge in [0.2, 0.25) is 0 Å². The van der Waals surface area contributed by atoms with Crippen LogP contribution in [0.15, 0.2) is 36.4 Å². The van der Waals surface area contributed by atoms with Crippen LogP contribution in [-0.2, 0) is 11.0 Å². The van der Waals surface area contributed by atoms with Crippen LogP contribution in [0.4, 0.5) is 5.82 Å². The van der Waals surface area contributed by atoms with Gasteiger partial charge >= 0.3 is 0 Å². The Hall–Kier alpha value is -2.89. The molecule has 0 saturated heterocycles. The second kappa shape index (κ2) is 7.17. The lowest BCUT2D eigenvalue weighted by Crippen LogP contribution is -2.25. The van der Waals surface area contributed by atoms with Gasteiger partial charge in [0, 0.05) is 17.2 Å². The largest absolute Gasteiger partial charge is 0.305 e. The van der Waals surface area contributed by atoms with E-state index < -0.39 is 0 Å². The van der Waals surface area contributed by atoms with Crippen molar-refractivity contribution in [3.05, 3.63) is 59.0 Å². The van der Waals surface area contributed by atoms with Crippen molar-refractivity contribution in [2.24, 2.45) is 0 Å². The number of nitrogens with one attached hydrogen (secondary N) is 1. The zero-order valence-corrected chi connectivity index (χ0v) is 18.7. The highest BCUT2D eigenvalue weighted by Crippen LogP contribution is 2.27. The summed E-state index contributed by atoms with van der Waals surface area (Å²) in [5, 5.41) is 12.3. The summed E-state index contributed by atoms with van der Waals surface area (Å²) < 4.78 is 3.67. The molecule has 0 aliphatic heterocycles. The van der Waals surface area contributed by atoms with E-state index in [1.165, 1.54) is 0 Å². The molecule has 0 atom stereocenters.